The predicted octanol–water partition coefficient (Wildman–Crippen LogP) is -0.857. The standard InChI is InChI=1S/C4H3N2O2/c1-2-3(7)6-4(8)5-2/h1H,(H2,5,6,7,8). The Hall–Kier alpha value is -1.32. The largest absolute Gasteiger partial charge is 0.326 e. The van der Waals surface area contributed by atoms with Crippen molar-refractivity contribution in [2.24, 2.45) is 0 Å². The van der Waals surface area contributed by atoms with Crippen molar-refractivity contribution in [3.05, 3.63) is 12.3 Å². The summed E-state index contributed by atoms with van der Waals surface area (Å²) in [6, 6.07) is -0.562. The lowest BCUT2D eigenvalue weighted by atomic mass is 10.5. The molecular formula is C4H3N2O2. The maximum Gasteiger partial charge on any atom is 0.326 e. The highest BCUT2D eigenvalue weighted by atomic mass is 16.2. The molecule has 0 aromatic rings. The van der Waals surface area contributed by atoms with E-state index in [9.17, 15) is 9.59 Å². The molecule has 1 rings (SSSR count). The van der Waals surface area contributed by atoms with Gasteiger partial charge >= 0.3 is 6.03 Å². The Labute approximate surface area is 45.6 Å². The summed E-state index contributed by atoms with van der Waals surface area (Å²) in [5, 5.41) is 3.98. The summed E-state index contributed by atoms with van der Waals surface area (Å²) < 4.78 is 0. The number of rotatable bonds is 0. The van der Waals surface area contributed by atoms with Gasteiger partial charge < -0.3 is 5.32 Å². The van der Waals surface area contributed by atoms with E-state index in [1.807, 2.05) is 5.32 Å². The predicted molar refractivity (Wildman–Crippen MR) is 24.5 cm³/mol. The van der Waals surface area contributed by atoms with Crippen LogP contribution in [0.2, 0.25) is 0 Å². The van der Waals surface area contributed by atoms with Gasteiger partial charge in [-0.05, 0) is 6.58 Å². The highest BCUT2D eigenvalue weighted by Crippen LogP contribution is 1.89. The molecule has 8 heavy (non-hydrogen) atoms. The van der Waals surface area contributed by atoms with Gasteiger partial charge in [-0.3, -0.25) is 10.1 Å². The van der Waals surface area contributed by atoms with E-state index in [2.05, 4.69) is 5.32 Å². The van der Waals surface area contributed by atoms with E-state index in [0.717, 1.165) is 0 Å². The number of amides is 3. The number of nitrogens with one attached hydrogen (secondary N) is 2. The Kier molecular flexibility index (Phi) is 0.802. The molecule has 0 aliphatic carbocycles. The summed E-state index contributed by atoms with van der Waals surface area (Å²) >= 11 is 0. The lowest BCUT2D eigenvalue weighted by molar-refractivity contribution is -0.115. The molecule has 4 nitrogen and oxygen atoms in total. The van der Waals surface area contributed by atoms with Crippen LogP contribution in [0.15, 0.2) is 5.70 Å². The van der Waals surface area contributed by atoms with Gasteiger partial charge in [0.25, 0.3) is 5.91 Å². The SMILES string of the molecule is [CH]=C1NC(=O)NC1=O. The molecule has 0 spiro atoms. The Morgan fingerprint density at radius 1 is 1.25 bits per heavy atom. The fourth-order valence-electron chi connectivity index (χ4n) is 0.381. The molecule has 0 aromatic heterocycles. The van der Waals surface area contributed by atoms with Crippen molar-refractivity contribution in [2.45, 2.75) is 0 Å². The maximum atomic E-state index is 10.2. The van der Waals surface area contributed by atoms with Gasteiger partial charge in [-0.2, -0.15) is 0 Å². The van der Waals surface area contributed by atoms with Gasteiger partial charge in [-0.15, -0.1) is 0 Å². The molecule has 1 aliphatic heterocycles. The summed E-state index contributed by atoms with van der Waals surface area (Å²) in [7, 11) is 0. The average Bonchev–Trinajstić information content (AvgIpc) is 1.85. The number of carbonyl (C=O) groups is 2. The Morgan fingerprint density at radius 3 is 2.00 bits per heavy atom. The van der Waals surface area contributed by atoms with Crippen molar-refractivity contribution in [1.82, 2.24) is 10.6 Å². The summed E-state index contributed by atoms with van der Waals surface area (Å²) in [6.07, 6.45) is 0. The molecular weight excluding hydrogens is 108 g/mol. The molecule has 1 aliphatic rings. The molecule has 0 saturated carbocycles. The number of urea groups is 1. The minimum absolute atomic E-state index is 0.144. The van der Waals surface area contributed by atoms with E-state index in [1.54, 1.807) is 0 Å². The van der Waals surface area contributed by atoms with Gasteiger partial charge in [0.1, 0.15) is 5.70 Å². The second kappa shape index (κ2) is 1.33. The molecule has 0 bridgehead atoms. The number of hydrogen-bond acceptors (Lipinski definition) is 2. The molecule has 1 saturated heterocycles. The van der Waals surface area contributed by atoms with Crippen LogP contribution in [-0.2, 0) is 4.79 Å². The Balaban J connectivity index is 2.79. The Bertz CT molecular complexity index is 155. The van der Waals surface area contributed by atoms with Crippen LogP contribution in [-0.4, -0.2) is 11.9 Å². The summed E-state index contributed by atoms with van der Waals surface area (Å²) in [6.45, 7) is 4.94. The van der Waals surface area contributed by atoms with Gasteiger partial charge in [0, 0.05) is 0 Å². The van der Waals surface area contributed by atoms with Crippen molar-refractivity contribution in [2.75, 3.05) is 0 Å². The minimum atomic E-state index is -0.562. The molecule has 0 aromatic carbocycles. The first-order chi connectivity index (χ1) is 3.70. The van der Waals surface area contributed by atoms with Crippen molar-refractivity contribution in [3.8, 4) is 0 Å². The van der Waals surface area contributed by atoms with E-state index in [1.165, 1.54) is 0 Å². The number of carbonyl (C=O) groups excluding carboxylic acids is 2. The maximum absolute atomic E-state index is 10.2. The van der Waals surface area contributed by atoms with Gasteiger partial charge in [-0.25, -0.2) is 4.79 Å². The second-order valence-electron chi connectivity index (χ2n) is 1.32. The van der Waals surface area contributed by atoms with Gasteiger partial charge in [0.2, 0.25) is 0 Å². The van der Waals surface area contributed by atoms with E-state index in [-0.39, 0.29) is 5.70 Å². The monoisotopic (exact) mass is 111 g/mol. The topological polar surface area (TPSA) is 58.2 Å². The number of hydrogen-bond donors (Lipinski definition) is 2. The lowest BCUT2D eigenvalue weighted by Crippen LogP contribution is -2.22. The normalized spacial score (nSPS) is 18.2. The summed E-state index contributed by atoms with van der Waals surface area (Å²) in [4.78, 5) is 20.3. The molecule has 2 N–H and O–H groups in total. The van der Waals surface area contributed by atoms with Gasteiger partial charge in [0.05, 0.1) is 0 Å². The third-order valence-electron chi connectivity index (χ3n) is 0.720. The highest BCUT2D eigenvalue weighted by molar-refractivity contribution is 6.10. The fourth-order valence-corrected chi connectivity index (χ4v) is 0.381. The molecule has 4 heteroatoms. The zero-order valence-corrected chi connectivity index (χ0v) is 3.89. The summed E-state index contributed by atoms with van der Waals surface area (Å²) in [5.41, 5.74) is -0.144. The molecule has 1 radical (unpaired) electrons. The third kappa shape index (κ3) is 0.556. The van der Waals surface area contributed by atoms with Crippen LogP contribution in [0, 0.1) is 6.58 Å². The van der Waals surface area contributed by atoms with Gasteiger partial charge in [0.15, 0.2) is 0 Å². The average molecular weight is 111 g/mol. The molecule has 0 atom stereocenters. The van der Waals surface area contributed by atoms with Crippen LogP contribution in [0.25, 0.3) is 0 Å². The highest BCUT2D eigenvalue weighted by Gasteiger charge is 2.20. The van der Waals surface area contributed by atoms with Crippen molar-refractivity contribution >= 4 is 11.9 Å². The quantitative estimate of drug-likeness (QED) is 0.316. The zero-order chi connectivity index (χ0) is 6.15. The molecule has 41 valence electrons. The fraction of sp³-hybridized carbons (Fsp3) is 0. The second-order valence-corrected chi connectivity index (χ2v) is 1.32. The third-order valence-corrected chi connectivity index (χ3v) is 0.720. The van der Waals surface area contributed by atoms with Crippen molar-refractivity contribution in [1.29, 1.82) is 0 Å². The van der Waals surface area contributed by atoms with E-state index < -0.39 is 11.9 Å². The summed E-state index contributed by atoms with van der Waals surface area (Å²) in [5.74, 6) is -0.560. The number of imide groups is 1. The first-order valence-electron chi connectivity index (χ1n) is 1.95. The van der Waals surface area contributed by atoms with Crippen LogP contribution in [0.1, 0.15) is 0 Å². The lowest BCUT2D eigenvalue weighted by Gasteiger charge is -1.80. The van der Waals surface area contributed by atoms with Crippen LogP contribution >= 0.6 is 0 Å². The Morgan fingerprint density at radius 2 is 1.88 bits per heavy atom. The molecule has 1 heterocycles. The first-order valence-corrected chi connectivity index (χ1v) is 1.95. The van der Waals surface area contributed by atoms with Crippen molar-refractivity contribution < 1.29 is 9.59 Å². The van der Waals surface area contributed by atoms with Crippen LogP contribution in [0.5, 0.6) is 0 Å². The smallest absolute Gasteiger partial charge is 0.303 e. The molecule has 3 amide bonds. The first kappa shape index (κ1) is 4.83. The van der Waals surface area contributed by atoms with Crippen LogP contribution < -0.4 is 10.6 Å². The van der Waals surface area contributed by atoms with Crippen LogP contribution in [0.4, 0.5) is 4.79 Å². The van der Waals surface area contributed by atoms with Crippen molar-refractivity contribution in [3.63, 3.8) is 0 Å². The van der Waals surface area contributed by atoms with E-state index >= 15 is 0 Å². The molecule has 1 fully saturated rings. The van der Waals surface area contributed by atoms with E-state index in [4.69, 9.17) is 6.58 Å². The minimum Gasteiger partial charge on any atom is -0.303 e. The van der Waals surface area contributed by atoms with Gasteiger partial charge in [-0.1, -0.05) is 0 Å². The molecule has 0 unspecified atom stereocenters. The van der Waals surface area contributed by atoms with Crippen LogP contribution in [0.3, 0.4) is 0 Å². The zero-order valence-electron chi connectivity index (χ0n) is 3.89. The van der Waals surface area contributed by atoms with E-state index in [0.29, 0.717) is 0 Å².